The predicted octanol–water partition coefficient (Wildman–Crippen LogP) is 1.93. The molecule has 1 heterocycles. The Bertz CT molecular complexity index is 508. The molecule has 2 aliphatic carbocycles. The third-order valence-electron chi connectivity index (χ3n) is 4.18. The number of rotatable bonds is 6. The molecule has 0 aromatic carbocycles. The molecular weight excluding hydrogens is 353 g/mol. The van der Waals surface area contributed by atoms with E-state index in [1.54, 1.807) is 10.8 Å². The van der Waals surface area contributed by atoms with Crippen LogP contribution in [-0.2, 0) is 6.54 Å². The summed E-state index contributed by atoms with van der Waals surface area (Å²) in [5.74, 6) is 2.61. The molecule has 0 unspecified atom stereocenters. The van der Waals surface area contributed by atoms with Crippen molar-refractivity contribution in [1.29, 1.82) is 0 Å². The number of aromatic nitrogens is 2. The van der Waals surface area contributed by atoms with Gasteiger partial charge in [0.25, 0.3) is 5.56 Å². The number of nitrogens with one attached hydrogen (secondary N) is 1. The zero-order valence-electron chi connectivity index (χ0n) is 11.2. The highest BCUT2D eigenvalue weighted by Crippen LogP contribution is 2.44. The highest BCUT2D eigenvalue weighted by molar-refractivity contribution is 14.1. The minimum Gasteiger partial charge on any atom is -0.312 e. The molecule has 0 bridgehead atoms. The summed E-state index contributed by atoms with van der Waals surface area (Å²) >= 11 is 2.06. The Morgan fingerprint density at radius 1 is 1.42 bits per heavy atom. The summed E-state index contributed by atoms with van der Waals surface area (Å²) < 4.78 is 2.48. The van der Waals surface area contributed by atoms with E-state index in [0.29, 0.717) is 9.61 Å². The largest absolute Gasteiger partial charge is 0.312 e. The summed E-state index contributed by atoms with van der Waals surface area (Å²) in [4.78, 5) is 16.3. The van der Waals surface area contributed by atoms with Crippen LogP contribution >= 0.6 is 22.6 Å². The van der Waals surface area contributed by atoms with Crippen molar-refractivity contribution in [1.82, 2.24) is 14.9 Å². The maximum atomic E-state index is 12.0. The van der Waals surface area contributed by atoms with Crippen LogP contribution in [0.25, 0.3) is 0 Å². The Kier molecular flexibility index (Phi) is 3.93. The molecule has 1 aromatic heterocycles. The summed E-state index contributed by atoms with van der Waals surface area (Å²) in [6.07, 6.45) is 7.20. The quantitative estimate of drug-likeness (QED) is 0.776. The number of aryl methyl sites for hydroxylation is 1. The van der Waals surface area contributed by atoms with Gasteiger partial charge in [0.05, 0.1) is 3.57 Å². The summed E-state index contributed by atoms with van der Waals surface area (Å²) in [5.41, 5.74) is 0.0873. The highest BCUT2D eigenvalue weighted by Gasteiger charge is 2.40. The molecule has 0 amide bonds. The first-order valence-corrected chi connectivity index (χ1v) is 8.20. The fraction of sp³-hybridized carbons (Fsp3) is 0.714. The number of hydrogen-bond donors (Lipinski definition) is 1. The van der Waals surface area contributed by atoms with Crippen molar-refractivity contribution in [3.05, 3.63) is 25.9 Å². The van der Waals surface area contributed by atoms with Crippen LogP contribution < -0.4 is 10.9 Å². The average Bonchev–Trinajstić information content (AvgIpc) is 3.26. The normalized spacial score (nSPS) is 19.1. The molecular formula is C14H20IN3O. The van der Waals surface area contributed by atoms with Gasteiger partial charge in [-0.3, -0.25) is 9.36 Å². The molecule has 0 aliphatic heterocycles. The van der Waals surface area contributed by atoms with Crippen molar-refractivity contribution in [3.8, 4) is 0 Å². The van der Waals surface area contributed by atoms with Crippen LogP contribution in [0.2, 0.25) is 0 Å². The van der Waals surface area contributed by atoms with Crippen LogP contribution in [0.5, 0.6) is 0 Å². The van der Waals surface area contributed by atoms with Gasteiger partial charge >= 0.3 is 0 Å². The molecule has 104 valence electrons. The van der Waals surface area contributed by atoms with Gasteiger partial charge in [-0.1, -0.05) is 0 Å². The monoisotopic (exact) mass is 373 g/mol. The zero-order valence-corrected chi connectivity index (χ0v) is 13.4. The first kappa shape index (κ1) is 13.5. The molecule has 3 rings (SSSR count). The standard InChI is InChI=1S/C14H20IN3O/c1-9-17-8-12(15)14(19)18(9)7-6-16-13(10-2-3-10)11-4-5-11/h8,10-11,13,16H,2-7H2,1H3. The van der Waals surface area contributed by atoms with E-state index in [-0.39, 0.29) is 5.56 Å². The lowest BCUT2D eigenvalue weighted by atomic mass is 10.1. The minimum atomic E-state index is 0.0873. The van der Waals surface area contributed by atoms with E-state index in [9.17, 15) is 4.79 Å². The lowest BCUT2D eigenvalue weighted by Crippen LogP contribution is -2.37. The topological polar surface area (TPSA) is 46.9 Å². The molecule has 0 radical (unpaired) electrons. The van der Waals surface area contributed by atoms with Crippen LogP contribution in [0, 0.1) is 22.3 Å². The molecule has 0 atom stereocenters. The molecule has 5 heteroatoms. The molecule has 0 spiro atoms. The van der Waals surface area contributed by atoms with E-state index < -0.39 is 0 Å². The zero-order chi connectivity index (χ0) is 13.4. The molecule has 2 saturated carbocycles. The molecule has 19 heavy (non-hydrogen) atoms. The fourth-order valence-corrected chi connectivity index (χ4v) is 3.22. The maximum absolute atomic E-state index is 12.0. The van der Waals surface area contributed by atoms with Gasteiger partial charge in [0.1, 0.15) is 5.82 Å². The van der Waals surface area contributed by atoms with E-state index in [0.717, 1.165) is 30.7 Å². The lowest BCUT2D eigenvalue weighted by molar-refractivity contribution is 0.402. The predicted molar refractivity (Wildman–Crippen MR) is 83.2 cm³/mol. The number of halogens is 1. The van der Waals surface area contributed by atoms with Gasteiger partial charge in [-0.05, 0) is 67.0 Å². The van der Waals surface area contributed by atoms with Gasteiger partial charge in [0.2, 0.25) is 0 Å². The van der Waals surface area contributed by atoms with Crippen LogP contribution in [-0.4, -0.2) is 22.1 Å². The van der Waals surface area contributed by atoms with Gasteiger partial charge in [0, 0.05) is 25.3 Å². The van der Waals surface area contributed by atoms with Crippen molar-refractivity contribution in [2.75, 3.05) is 6.54 Å². The second-order valence-electron chi connectivity index (χ2n) is 5.76. The van der Waals surface area contributed by atoms with Gasteiger partial charge in [0.15, 0.2) is 0 Å². The summed E-state index contributed by atoms with van der Waals surface area (Å²) in [6.45, 7) is 3.50. The first-order valence-electron chi connectivity index (χ1n) is 7.12. The Balaban J connectivity index is 1.60. The Labute approximate surface area is 127 Å². The van der Waals surface area contributed by atoms with Crippen molar-refractivity contribution in [2.24, 2.45) is 11.8 Å². The third-order valence-corrected chi connectivity index (χ3v) is 4.92. The number of nitrogens with zero attached hydrogens (tertiary/aromatic N) is 2. The van der Waals surface area contributed by atoms with Crippen molar-refractivity contribution in [2.45, 2.75) is 45.2 Å². The maximum Gasteiger partial charge on any atom is 0.266 e. The smallest absolute Gasteiger partial charge is 0.266 e. The fourth-order valence-electron chi connectivity index (χ4n) is 2.79. The summed E-state index contributed by atoms with van der Waals surface area (Å²) in [7, 11) is 0. The van der Waals surface area contributed by atoms with Gasteiger partial charge in [-0.2, -0.15) is 0 Å². The lowest BCUT2D eigenvalue weighted by Gasteiger charge is -2.18. The second kappa shape index (κ2) is 5.52. The second-order valence-corrected chi connectivity index (χ2v) is 6.93. The highest BCUT2D eigenvalue weighted by atomic mass is 127. The molecule has 0 saturated heterocycles. The summed E-state index contributed by atoms with van der Waals surface area (Å²) in [5, 5.41) is 3.68. The van der Waals surface area contributed by atoms with Crippen molar-refractivity contribution < 1.29 is 0 Å². The minimum absolute atomic E-state index is 0.0873. The van der Waals surface area contributed by atoms with Gasteiger partial charge in [-0.15, -0.1) is 0 Å². The van der Waals surface area contributed by atoms with E-state index in [1.165, 1.54) is 25.7 Å². The van der Waals surface area contributed by atoms with Crippen LogP contribution in [0.15, 0.2) is 11.0 Å². The SMILES string of the molecule is Cc1ncc(I)c(=O)n1CCNC(C1CC1)C1CC1. The number of hydrogen-bond acceptors (Lipinski definition) is 3. The third kappa shape index (κ3) is 3.18. The molecule has 1 aromatic rings. The Morgan fingerprint density at radius 2 is 2.05 bits per heavy atom. The average molecular weight is 373 g/mol. The molecule has 1 N–H and O–H groups in total. The van der Waals surface area contributed by atoms with E-state index >= 15 is 0 Å². The van der Waals surface area contributed by atoms with Gasteiger partial charge in [-0.25, -0.2) is 4.98 Å². The Morgan fingerprint density at radius 3 is 2.63 bits per heavy atom. The Hall–Kier alpha value is -0.430. The summed E-state index contributed by atoms with van der Waals surface area (Å²) in [6, 6.07) is 0.701. The van der Waals surface area contributed by atoms with Crippen LogP contribution in [0.1, 0.15) is 31.5 Å². The van der Waals surface area contributed by atoms with Crippen molar-refractivity contribution >= 4 is 22.6 Å². The first-order chi connectivity index (χ1) is 9.16. The van der Waals surface area contributed by atoms with E-state index in [1.807, 2.05) is 6.92 Å². The van der Waals surface area contributed by atoms with Gasteiger partial charge < -0.3 is 5.32 Å². The van der Waals surface area contributed by atoms with E-state index in [2.05, 4.69) is 32.9 Å². The van der Waals surface area contributed by atoms with Crippen LogP contribution in [0.4, 0.5) is 0 Å². The van der Waals surface area contributed by atoms with Crippen LogP contribution in [0.3, 0.4) is 0 Å². The molecule has 4 nitrogen and oxygen atoms in total. The van der Waals surface area contributed by atoms with E-state index in [4.69, 9.17) is 0 Å². The molecule has 2 aliphatic rings. The molecule has 2 fully saturated rings. The van der Waals surface area contributed by atoms with Crippen molar-refractivity contribution in [3.63, 3.8) is 0 Å².